The Hall–Kier alpha value is -0.930. The molecule has 1 aromatic heterocycles. The number of alkyl halides is 2. The van der Waals surface area contributed by atoms with Gasteiger partial charge in [0.15, 0.2) is 0 Å². The predicted molar refractivity (Wildman–Crippen MR) is 44.3 cm³/mol. The van der Waals surface area contributed by atoms with Gasteiger partial charge in [-0.05, 0) is 12.5 Å². The van der Waals surface area contributed by atoms with Crippen LogP contribution in [0.4, 0.5) is 8.78 Å². The number of hydrogen-bond donors (Lipinski definition) is 0. The minimum Gasteiger partial charge on any atom is -0.267 e. The lowest BCUT2D eigenvalue weighted by atomic mass is 10.3. The highest BCUT2D eigenvalue weighted by Crippen LogP contribution is 2.20. The van der Waals surface area contributed by atoms with Crippen molar-refractivity contribution in [2.75, 3.05) is 0 Å². The van der Waals surface area contributed by atoms with Gasteiger partial charge in [0.25, 0.3) is 6.43 Å². The molecular weight excluding hydrogens is 162 g/mol. The van der Waals surface area contributed by atoms with E-state index in [-0.39, 0.29) is 5.69 Å². The summed E-state index contributed by atoms with van der Waals surface area (Å²) in [5.41, 5.74) is 0.539. The quantitative estimate of drug-likeness (QED) is 0.643. The number of aryl methyl sites for hydroxylation is 2. The summed E-state index contributed by atoms with van der Waals surface area (Å²) < 4.78 is 25.3. The van der Waals surface area contributed by atoms with Crippen molar-refractivity contribution in [3.63, 3.8) is 0 Å². The standard InChI is InChI=1S/C6H8F2N2.C2H6/c1-4-3-9-10(2)5(4)6(7)8;1-2/h3,6H,1-2H3;1-2H3. The van der Waals surface area contributed by atoms with E-state index in [1.165, 1.54) is 17.9 Å². The Balaban J connectivity index is 0.000000561. The molecule has 0 atom stereocenters. The molecule has 1 heterocycles. The Labute approximate surface area is 71.2 Å². The molecule has 0 aliphatic carbocycles. The number of nitrogens with zero attached hydrogens (tertiary/aromatic N) is 2. The van der Waals surface area contributed by atoms with Crippen LogP contribution >= 0.6 is 0 Å². The Morgan fingerprint density at radius 2 is 1.92 bits per heavy atom. The summed E-state index contributed by atoms with van der Waals surface area (Å²) in [5.74, 6) is 0. The van der Waals surface area contributed by atoms with Crippen molar-refractivity contribution < 1.29 is 8.78 Å². The lowest BCUT2D eigenvalue weighted by molar-refractivity contribution is 0.140. The highest BCUT2D eigenvalue weighted by molar-refractivity contribution is 5.16. The Kier molecular flexibility index (Phi) is 4.47. The second kappa shape index (κ2) is 4.85. The molecule has 0 amide bonds. The van der Waals surface area contributed by atoms with E-state index in [1.807, 2.05) is 13.8 Å². The van der Waals surface area contributed by atoms with E-state index < -0.39 is 6.43 Å². The first-order valence-corrected chi connectivity index (χ1v) is 3.89. The average molecular weight is 176 g/mol. The van der Waals surface area contributed by atoms with Gasteiger partial charge in [-0.15, -0.1) is 0 Å². The van der Waals surface area contributed by atoms with Crippen LogP contribution in [0.2, 0.25) is 0 Å². The fourth-order valence-electron chi connectivity index (χ4n) is 0.870. The fraction of sp³-hybridized carbons (Fsp3) is 0.625. The van der Waals surface area contributed by atoms with E-state index in [2.05, 4.69) is 5.10 Å². The zero-order valence-corrected chi connectivity index (χ0v) is 7.81. The molecule has 0 saturated carbocycles. The summed E-state index contributed by atoms with van der Waals surface area (Å²) in [7, 11) is 1.51. The first-order valence-electron chi connectivity index (χ1n) is 3.89. The van der Waals surface area contributed by atoms with E-state index in [0.29, 0.717) is 5.56 Å². The predicted octanol–water partition coefficient (Wildman–Crippen LogP) is 2.69. The smallest absolute Gasteiger partial charge is 0.267 e. The molecule has 0 radical (unpaired) electrons. The number of halogens is 2. The topological polar surface area (TPSA) is 17.8 Å². The molecule has 0 saturated heterocycles. The molecule has 0 unspecified atom stereocenters. The third-order valence-corrected chi connectivity index (χ3v) is 1.38. The lowest BCUT2D eigenvalue weighted by Crippen LogP contribution is -1.98. The minimum absolute atomic E-state index is 0.000000000000000222. The normalized spacial score (nSPS) is 9.58. The van der Waals surface area contributed by atoms with Crippen LogP contribution in [-0.2, 0) is 7.05 Å². The van der Waals surface area contributed by atoms with Crippen LogP contribution in [0.1, 0.15) is 31.5 Å². The molecule has 1 aromatic rings. The maximum atomic E-state index is 12.1. The van der Waals surface area contributed by atoms with Gasteiger partial charge in [0.05, 0.1) is 6.20 Å². The maximum Gasteiger partial charge on any atom is 0.280 e. The SMILES string of the molecule is CC.Cc1cnn(C)c1C(F)F. The number of rotatable bonds is 1. The summed E-state index contributed by atoms with van der Waals surface area (Å²) in [6.45, 7) is 5.62. The third kappa shape index (κ3) is 2.29. The van der Waals surface area contributed by atoms with Crippen molar-refractivity contribution in [2.45, 2.75) is 27.2 Å². The van der Waals surface area contributed by atoms with Crippen LogP contribution in [0.5, 0.6) is 0 Å². The molecule has 0 aliphatic heterocycles. The van der Waals surface area contributed by atoms with Gasteiger partial charge >= 0.3 is 0 Å². The molecule has 0 spiro atoms. The van der Waals surface area contributed by atoms with Crippen molar-refractivity contribution in [1.29, 1.82) is 0 Å². The molecule has 70 valence electrons. The summed E-state index contributed by atoms with van der Waals surface area (Å²) in [5, 5.41) is 3.67. The monoisotopic (exact) mass is 176 g/mol. The van der Waals surface area contributed by atoms with Gasteiger partial charge < -0.3 is 0 Å². The van der Waals surface area contributed by atoms with Crippen molar-refractivity contribution in [2.24, 2.45) is 7.05 Å². The number of hydrogen-bond acceptors (Lipinski definition) is 1. The van der Waals surface area contributed by atoms with Crippen LogP contribution in [0.3, 0.4) is 0 Å². The van der Waals surface area contributed by atoms with Crippen LogP contribution in [0.25, 0.3) is 0 Å². The van der Waals surface area contributed by atoms with Gasteiger partial charge in [-0.1, -0.05) is 13.8 Å². The molecule has 1 rings (SSSR count). The Morgan fingerprint density at radius 1 is 1.42 bits per heavy atom. The molecule has 0 bridgehead atoms. The second-order valence-electron chi connectivity index (χ2n) is 2.14. The summed E-state index contributed by atoms with van der Waals surface area (Å²) in [4.78, 5) is 0. The summed E-state index contributed by atoms with van der Waals surface area (Å²) >= 11 is 0. The van der Waals surface area contributed by atoms with Gasteiger partial charge in [-0.3, -0.25) is 4.68 Å². The van der Waals surface area contributed by atoms with Crippen LogP contribution in [-0.4, -0.2) is 9.78 Å². The van der Waals surface area contributed by atoms with Crippen molar-refractivity contribution in [3.05, 3.63) is 17.5 Å². The summed E-state index contributed by atoms with van der Waals surface area (Å²) in [6, 6.07) is 0. The van der Waals surface area contributed by atoms with E-state index in [0.717, 1.165) is 0 Å². The molecule has 0 N–H and O–H groups in total. The molecule has 12 heavy (non-hydrogen) atoms. The molecule has 0 aromatic carbocycles. The van der Waals surface area contributed by atoms with E-state index in [9.17, 15) is 8.78 Å². The van der Waals surface area contributed by atoms with E-state index in [1.54, 1.807) is 6.92 Å². The first-order chi connectivity index (χ1) is 5.63. The average Bonchev–Trinajstić information content (AvgIpc) is 2.35. The Bertz CT molecular complexity index is 211. The minimum atomic E-state index is -2.42. The fourth-order valence-corrected chi connectivity index (χ4v) is 0.870. The van der Waals surface area contributed by atoms with E-state index in [4.69, 9.17) is 0 Å². The van der Waals surface area contributed by atoms with Crippen LogP contribution in [0, 0.1) is 6.92 Å². The summed E-state index contributed by atoms with van der Waals surface area (Å²) in [6.07, 6.45) is -0.992. The van der Waals surface area contributed by atoms with Gasteiger partial charge in [0.1, 0.15) is 5.69 Å². The van der Waals surface area contributed by atoms with Gasteiger partial charge in [-0.2, -0.15) is 5.10 Å². The van der Waals surface area contributed by atoms with Crippen molar-refractivity contribution in [3.8, 4) is 0 Å². The largest absolute Gasteiger partial charge is 0.280 e. The second-order valence-corrected chi connectivity index (χ2v) is 2.14. The lowest BCUT2D eigenvalue weighted by Gasteiger charge is -1.99. The molecular formula is C8H14F2N2. The van der Waals surface area contributed by atoms with Crippen molar-refractivity contribution >= 4 is 0 Å². The van der Waals surface area contributed by atoms with Gasteiger partial charge in [0, 0.05) is 7.05 Å². The third-order valence-electron chi connectivity index (χ3n) is 1.38. The number of aromatic nitrogens is 2. The first kappa shape index (κ1) is 11.1. The molecule has 4 heteroatoms. The van der Waals surface area contributed by atoms with Gasteiger partial charge in [0.2, 0.25) is 0 Å². The maximum absolute atomic E-state index is 12.1. The van der Waals surface area contributed by atoms with Crippen LogP contribution < -0.4 is 0 Å². The Morgan fingerprint density at radius 3 is 2.08 bits per heavy atom. The van der Waals surface area contributed by atoms with Crippen molar-refractivity contribution in [1.82, 2.24) is 9.78 Å². The highest BCUT2D eigenvalue weighted by Gasteiger charge is 2.14. The van der Waals surface area contributed by atoms with Crippen LogP contribution in [0.15, 0.2) is 6.20 Å². The molecule has 0 aliphatic rings. The van der Waals surface area contributed by atoms with E-state index >= 15 is 0 Å². The zero-order valence-electron chi connectivity index (χ0n) is 7.81. The highest BCUT2D eigenvalue weighted by atomic mass is 19.3. The molecule has 0 fully saturated rings. The van der Waals surface area contributed by atoms with Gasteiger partial charge in [-0.25, -0.2) is 8.78 Å². The zero-order chi connectivity index (χ0) is 9.72. The molecule has 2 nitrogen and oxygen atoms in total.